The zero-order valence-corrected chi connectivity index (χ0v) is 10.9. The van der Waals surface area contributed by atoms with Gasteiger partial charge in [0.15, 0.2) is 0 Å². The van der Waals surface area contributed by atoms with Crippen LogP contribution in [0.15, 0.2) is 0 Å². The summed E-state index contributed by atoms with van der Waals surface area (Å²) in [4.78, 5) is 23.8. The molecular formula is C12H17F3N2O3. The molecule has 0 radical (unpaired) electrons. The molecule has 20 heavy (non-hydrogen) atoms. The van der Waals surface area contributed by atoms with Crippen molar-refractivity contribution in [2.45, 2.75) is 43.8 Å². The van der Waals surface area contributed by atoms with E-state index in [4.69, 9.17) is 5.11 Å². The average molecular weight is 294 g/mol. The van der Waals surface area contributed by atoms with Crippen LogP contribution in [-0.2, 0) is 4.79 Å². The van der Waals surface area contributed by atoms with E-state index >= 15 is 0 Å². The lowest BCUT2D eigenvalue weighted by molar-refractivity contribution is -0.163. The summed E-state index contributed by atoms with van der Waals surface area (Å²) in [5.74, 6) is -1.14. The summed E-state index contributed by atoms with van der Waals surface area (Å²) < 4.78 is 38.3. The predicted molar refractivity (Wildman–Crippen MR) is 63.1 cm³/mol. The van der Waals surface area contributed by atoms with Gasteiger partial charge in [-0.15, -0.1) is 0 Å². The second-order valence-electron chi connectivity index (χ2n) is 5.56. The van der Waals surface area contributed by atoms with Crippen molar-refractivity contribution < 1.29 is 27.9 Å². The van der Waals surface area contributed by atoms with Crippen molar-refractivity contribution >= 4 is 12.0 Å². The van der Waals surface area contributed by atoms with Gasteiger partial charge in [-0.3, -0.25) is 4.79 Å². The summed E-state index contributed by atoms with van der Waals surface area (Å²) in [6.07, 6.45) is -3.37. The number of hydrogen-bond acceptors (Lipinski definition) is 2. The lowest BCUT2D eigenvalue weighted by Crippen LogP contribution is -2.54. The highest BCUT2D eigenvalue weighted by Gasteiger charge is 2.64. The van der Waals surface area contributed by atoms with Crippen LogP contribution in [-0.4, -0.2) is 46.8 Å². The van der Waals surface area contributed by atoms with E-state index in [9.17, 15) is 22.8 Å². The maximum Gasteiger partial charge on any atom is 0.411 e. The molecule has 8 heteroatoms. The number of carboxylic acids is 1. The first-order chi connectivity index (χ1) is 9.23. The number of halogens is 3. The van der Waals surface area contributed by atoms with Crippen molar-refractivity contribution in [3.05, 3.63) is 0 Å². The molecule has 1 aliphatic heterocycles. The molecule has 2 N–H and O–H groups in total. The summed E-state index contributed by atoms with van der Waals surface area (Å²) in [6.45, 7) is 0.571. The number of aliphatic carboxylic acids is 1. The second-order valence-corrected chi connectivity index (χ2v) is 5.56. The molecule has 1 unspecified atom stereocenters. The average Bonchev–Trinajstić information content (AvgIpc) is 3.08. The Hall–Kier alpha value is -1.47. The van der Waals surface area contributed by atoms with E-state index in [1.165, 1.54) is 4.90 Å². The van der Waals surface area contributed by atoms with Crippen LogP contribution in [0.4, 0.5) is 18.0 Å². The molecule has 5 nitrogen and oxygen atoms in total. The molecule has 0 aromatic heterocycles. The van der Waals surface area contributed by atoms with E-state index in [0.29, 0.717) is 19.4 Å². The summed E-state index contributed by atoms with van der Waals surface area (Å²) in [5, 5.41) is 10.8. The van der Waals surface area contributed by atoms with Crippen LogP contribution in [0.5, 0.6) is 0 Å². The number of carbonyl (C=O) groups excluding carboxylic acids is 1. The highest BCUT2D eigenvalue weighted by atomic mass is 19.4. The van der Waals surface area contributed by atoms with Gasteiger partial charge in [0.25, 0.3) is 0 Å². The van der Waals surface area contributed by atoms with Gasteiger partial charge in [-0.2, -0.15) is 13.2 Å². The Balaban J connectivity index is 1.91. The molecule has 2 aliphatic rings. The van der Waals surface area contributed by atoms with Gasteiger partial charge in [0.1, 0.15) is 5.54 Å². The van der Waals surface area contributed by atoms with Gasteiger partial charge >= 0.3 is 18.2 Å². The molecule has 1 atom stereocenters. The first-order valence-electron chi connectivity index (χ1n) is 6.59. The van der Waals surface area contributed by atoms with Gasteiger partial charge in [0, 0.05) is 19.5 Å². The number of piperidine rings is 1. The monoisotopic (exact) mass is 294 g/mol. The van der Waals surface area contributed by atoms with Crippen molar-refractivity contribution in [3.8, 4) is 0 Å². The Bertz CT molecular complexity index is 407. The topological polar surface area (TPSA) is 69.6 Å². The van der Waals surface area contributed by atoms with Gasteiger partial charge in [-0.25, -0.2) is 4.79 Å². The van der Waals surface area contributed by atoms with E-state index in [0.717, 1.165) is 0 Å². The minimum atomic E-state index is -4.43. The third kappa shape index (κ3) is 3.16. The Morgan fingerprint density at radius 2 is 2.00 bits per heavy atom. The van der Waals surface area contributed by atoms with Crippen LogP contribution in [0, 0.1) is 5.92 Å². The number of hydrogen-bond donors (Lipinski definition) is 2. The molecule has 1 saturated heterocycles. The first-order valence-corrected chi connectivity index (χ1v) is 6.59. The third-order valence-corrected chi connectivity index (χ3v) is 3.91. The molecule has 2 rings (SSSR count). The fraction of sp³-hybridized carbons (Fsp3) is 0.833. The summed E-state index contributed by atoms with van der Waals surface area (Å²) in [6, 6.07) is -0.741. The van der Waals surface area contributed by atoms with Crippen LogP contribution in [0.2, 0.25) is 0 Å². The second kappa shape index (κ2) is 5.14. The van der Waals surface area contributed by atoms with Crippen LogP contribution in [0.3, 0.4) is 0 Å². The third-order valence-electron chi connectivity index (χ3n) is 3.91. The van der Waals surface area contributed by atoms with E-state index < -0.39 is 23.7 Å². The summed E-state index contributed by atoms with van der Waals surface area (Å²) in [7, 11) is 0. The van der Waals surface area contributed by atoms with Crippen molar-refractivity contribution in [2.24, 2.45) is 5.92 Å². The van der Waals surface area contributed by atoms with Crippen molar-refractivity contribution in [1.82, 2.24) is 10.2 Å². The van der Waals surface area contributed by atoms with Crippen LogP contribution < -0.4 is 5.32 Å². The number of carbonyl (C=O) groups is 2. The van der Waals surface area contributed by atoms with Crippen molar-refractivity contribution in [2.75, 3.05) is 13.1 Å². The predicted octanol–water partition coefficient (Wildman–Crippen LogP) is 1.98. The number of nitrogens with one attached hydrogen (secondary N) is 1. The standard InChI is InChI=1S/C12H17F3N2O3/c13-12(14,15)11(3-4-11)16-10(20)17-5-1-2-8(7-17)6-9(18)19/h8H,1-7H2,(H,16,20)(H,18,19). The minimum absolute atomic E-state index is 0.0613. The number of urea groups is 1. The highest BCUT2D eigenvalue weighted by molar-refractivity contribution is 5.76. The molecule has 2 fully saturated rings. The number of likely N-dealkylation sites (tertiary alicyclic amines) is 1. The Morgan fingerprint density at radius 3 is 2.50 bits per heavy atom. The van der Waals surface area contributed by atoms with Gasteiger partial charge in [0.2, 0.25) is 0 Å². The minimum Gasteiger partial charge on any atom is -0.481 e. The molecule has 1 heterocycles. The SMILES string of the molecule is O=C(O)CC1CCCN(C(=O)NC2(C(F)(F)F)CC2)C1. The van der Waals surface area contributed by atoms with Gasteiger partial charge in [-0.05, 0) is 31.6 Å². The number of alkyl halides is 3. The van der Waals surface area contributed by atoms with Crippen LogP contribution in [0.25, 0.3) is 0 Å². The van der Waals surface area contributed by atoms with Crippen LogP contribution >= 0.6 is 0 Å². The maximum absolute atomic E-state index is 12.8. The van der Waals surface area contributed by atoms with Gasteiger partial charge < -0.3 is 15.3 Å². The van der Waals surface area contributed by atoms with E-state index in [2.05, 4.69) is 5.32 Å². The fourth-order valence-corrected chi connectivity index (χ4v) is 2.55. The number of carboxylic acid groups (broad SMARTS) is 1. The van der Waals surface area contributed by atoms with Gasteiger partial charge in [-0.1, -0.05) is 0 Å². The van der Waals surface area contributed by atoms with Gasteiger partial charge in [0.05, 0.1) is 0 Å². The van der Waals surface area contributed by atoms with E-state index in [-0.39, 0.29) is 31.7 Å². The zero-order valence-electron chi connectivity index (χ0n) is 10.9. The lowest BCUT2D eigenvalue weighted by Gasteiger charge is -2.33. The Kier molecular flexibility index (Phi) is 3.84. The number of amides is 2. The number of rotatable bonds is 3. The van der Waals surface area contributed by atoms with E-state index in [1.54, 1.807) is 0 Å². The zero-order chi connectivity index (χ0) is 15.0. The lowest BCUT2D eigenvalue weighted by atomic mass is 9.95. The Morgan fingerprint density at radius 1 is 1.35 bits per heavy atom. The highest BCUT2D eigenvalue weighted by Crippen LogP contribution is 2.49. The van der Waals surface area contributed by atoms with Crippen molar-refractivity contribution in [3.63, 3.8) is 0 Å². The van der Waals surface area contributed by atoms with Crippen LogP contribution in [0.1, 0.15) is 32.1 Å². The van der Waals surface area contributed by atoms with Crippen molar-refractivity contribution in [1.29, 1.82) is 0 Å². The summed E-state index contributed by atoms with van der Waals surface area (Å²) in [5.41, 5.74) is -2.07. The number of nitrogens with zero attached hydrogens (tertiary/aromatic N) is 1. The molecule has 0 spiro atoms. The molecule has 114 valence electrons. The molecule has 0 bridgehead atoms. The smallest absolute Gasteiger partial charge is 0.411 e. The normalized spacial score (nSPS) is 25.1. The van der Waals surface area contributed by atoms with E-state index in [1.807, 2.05) is 0 Å². The molecule has 2 amide bonds. The molecule has 1 saturated carbocycles. The maximum atomic E-state index is 12.8. The quantitative estimate of drug-likeness (QED) is 0.836. The molecule has 0 aromatic carbocycles. The first kappa shape index (κ1) is 14.9. The molecule has 1 aliphatic carbocycles. The largest absolute Gasteiger partial charge is 0.481 e. The molecular weight excluding hydrogens is 277 g/mol. The fourth-order valence-electron chi connectivity index (χ4n) is 2.55. The summed E-state index contributed by atoms with van der Waals surface area (Å²) >= 11 is 0. The Labute approximate surface area is 114 Å². The molecule has 0 aromatic rings.